The highest BCUT2D eigenvalue weighted by Crippen LogP contribution is 2.31. The highest BCUT2D eigenvalue weighted by Gasteiger charge is 2.38. The maximum atomic E-state index is 12.8. The van der Waals surface area contributed by atoms with Crippen molar-refractivity contribution < 1.29 is 18.0 Å². The minimum Gasteiger partial charge on any atom is -0.294 e. The van der Waals surface area contributed by atoms with Crippen LogP contribution < -0.4 is 0 Å². The lowest BCUT2D eigenvalue weighted by Crippen LogP contribution is -2.11. The predicted molar refractivity (Wildman–Crippen MR) is 66.5 cm³/mol. The number of allylic oxidation sites excluding steroid dienone is 5. The van der Waals surface area contributed by atoms with Crippen molar-refractivity contribution in [3.8, 4) is 0 Å². The lowest BCUT2D eigenvalue weighted by atomic mass is 10.2. The van der Waals surface area contributed by atoms with Gasteiger partial charge in [0.1, 0.15) is 0 Å². The molecule has 102 valence electrons. The fourth-order valence-corrected chi connectivity index (χ4v) is 1.47. The Bertz CT molecular complexity index is 551. The molecule has 1 aromatic heterocycles. The smallest absolute Gasteiger partial charge is 0.294 e. The van der Waals surface area contributed by atoms with Crippen molar-refractivity contribution in [2.45, 2.75) is 20.0 Å². The van der Waals surface area contributed by atoms with E-state index >= 15 is 0 Å². The molecule has 19 heavy (non-hydrogen) atoms. The van der Waals surface area contributed by atoms with Crippen LogP contribution in [0.3, 0.4) is 0 Å². The van der Waals surface area contributed by atoms with Gasteiger partial charge in [-0.05, 0) is 26.0 Å². The minimum atomic E-state index is -4.67. The van der Waals surface area contributed by atoms with Crippen LogP contribution in [0, 0.1) is 0 Å². The van der Waals surface area contributed by atoms with E-state index < -0.39 is 23.2 Å². The molecule has 0 saturated carbocycles. The van der Waals surface area contributed by atoms with Crippen molar-refractivity contribution in [3.63, 3.8) is 0 Å². The first-order valence-electron chi connectivity index (χ1n) is 5.44. The minimum absolute atomic E-state index is 0.385. The number of carbonyl (C=O) groups is 1. The van der Waals surface area contributed by atoms with Gasteiger partial charge in [0.25, 0.3) is 0 Å². The first-order valence-corrected chi connectivity index (χ1v) is 5.44. The molecule has 1 heterocycles. The van der Waals surface area contributed by atoms with Crippen molar-refractivity contribution in [3.05, 3.63) is 48.3 Å². The molecular formula is C13H13F3N2O. The van der Waals surface area contributed by atoms with E-state index in [0.717, 1.165) is 17.8 Å². The summed E-state index contributed by atoms with van der Waals surface area (Å²) in [4.78, 5) is 11.3. The van der Waals surface area contributed by atoms with Crippen LogP contribution in [-0.4, -0.2) is 15.6 Å². The average molecular weight is 270 g/mol. The van der Waals surface area contributed by atoms with Crippen LogP contribution in [-0.2, 0) is 6.18 Å². The van der Waals surface area contributed by atoms with E-state index in [-0.39, 0.29) is 0 Å². The zero-order valence-corrected chi connectivity index (χ0v) is 10.5. The highest BCUT2D eigenvalue weighted by atomic mass is 19.4. The summed E-state index contributed by atoms with van der Waals surface area (Å²) in [5.41, 5.74) is -1.25. The molecule has 1 rings (SSSR count). The summed E-state index contributed by atoms with van der Waals surface area (Å²) >= 11 is 0. The topological polar surface area (TPSA) is 34.9 Å². The van der Waals surface area contributed by atoms with Crippen molar-refractivity contribution in [2.24, 2.45) is 0 Å². The fraction of sp³-hybridized carbons (Fsp3) is 0.231. The van der Waals surface area contributed by atoms with Gasteiger partial charge in [0, 0.05) is 6.20 Å². The van der Waals surface area contributed by atoms with E-state index in [9.17, 15) is 18.0 Å². The van der Waals surface area contributed by atoms with Crippen LogP contribution in [0.1, 0.15) is 29.9 Å². The molecule has 0 amide bonds. The number of rotatable bonds is 4. The summed E-state index contributed by atoms with van der Waals surface area (Å²) in [5, 5.41) is 3.44. The van der Waals surface area contributed by atoms with Gasteiger partial charge in [-0.25, -0.2) is 4.68 Å². The van der Waals surface area contributed by atoms with Gasteiger partial charge in [0.05, 0.1) is 11.3 Å². The molecule has 0 saturated heterocycles. The van der Waals surface area contributed by atoms with Crippen LogP contribution in [0.15, 0.2) is 37.1 Å². The molecule has 0 aliphatic heterocycles. The quantitative estimate of drug-likeness (QED) is 0.617. The lowest BCUT2D eigenvalue weighted by Gasteiger charge is -2.03. The second kappa shape index (κ2) is 5.69. The number of alkyl halides is 3. The van der Waals surface area contributed by atoms with E-state index in [2.05, 4.69) is 11.7 Å². The highest BCUT2D eigenvalue weighted by molar-refractivity contribution is 5.95. The first kappa shape index (κ1) is 14.9. The monoisotopic (exact) mass is 270 g/mol. The third kappa shape index (κ3) is 3.43. The third-order valence-corrected chi connectivity index (χ3v) is 2.25. The Morgan fingerprint density at radius 1 is 1.47 bits per heavy atom. The van der Waals surface area contributed by atoms with Crippen molar-refractivity contribution in [2.75, 3.05) is 0 Å². The largest absolute Gasteiger partial charge is 0.435 e. The van der Waals surface area contributed by atoms with Crippen LogP contribution >= 0.6 is 0 Å². The molecule has 1 aromatic rings. The molecule has 0 radical (unpaired) electrons. The standard InChI is InChI=1S/C13H13F3N2O/c1-4-6-10(7-5-2)18-8-11(9(3)19)12(17-18)13(14,15)16/h4-8H,1H2,2-3H3/b7-5-,10-6+. The fourth-order valence-electron chi connectivity index (χ4n) is 1.47. The SMILES string of the molecule is C=C/C=C(\C=C/C)n1cc(C(C)=O)c(C(F)(F)F)n1. The molecule has 0 spiro atoms. The van der Waals surface area contributed by atoms with Crippen LogP contribution in [0.4, 0.5) is 13.2 Å². The Hall–Kier alpha value is -2.11. The average Bonchev–Trinajstić information content (AvgIpc) is 2.73. The number of ketones is 1. The molecule has 0 aliphatic rings. The van der Waals surface area contributed by atoms with Gasteiger partial charge in [0.2, 0.25) is 0 Å². The van der Waals surface area contributed by atoms with Gasteiger partial charge in [-0.2, -0.15) is 18.3 Å². The second-order valence-corrected chi connectivity index (χ2v) is 3.72. The first-order chi connectivity index (χ1) is 8.81. The Labute approximate surface area is 108 Å². The van der Waals surface area contributed by atoms with Crippen LogP contribution in [0.2, 0.25) is 0 Å². The molecule has 0 bridgehead atoms. The Morgan fingerprint density at radius 3 is 2.47 bits per heavy atom. The number of Topliss-reactive ketones (excluding diaryl/α,β-unsaturated/α-hetero) is 1. The Kier molecular flexibility index (Phi) is 4.47. The summed E-state index contributed by atoms with van der Waals surface area (Å²) in [5.74, 6) is -0.683. The maximum absolute atomic E-state index is 12.8. The number of aromatic nitrogens is 2. The van der Waals surface area contributed by atoms with Crippen molar-refractivity contribution in [1.29, 1.82) is 0 Å². The number of hydrogen-bond donors (Lipinski definition) is 0. The molecule has 0 fully saturated rings. The van der Waals surface area contributed by atoms with Gasteiger partial charge < -0.3 is 0 Å². The molecular weight excluding hydrogens is 257 g/mol. The van der Waals surface area contributed by atoms with Gasteiger partial charge in [0.15, 0.2) is 11.5 Å². The Balaban J connectivity index is 3.44. The number of halogens is 3. The lowest BCUT2D eigenvalue weighted by molar-refractivity contribution is -0.141. The normalized spacial score (nSPS) is 13.0. The summed E-state index contributed by atoms with van der Waals surface area (Å²) in [6, 6.07) is 0. The molecule has 0 aliphatic carbocycles. The second-order valence-electron chi connectivity index (χ2n) is 3.72. The van der Waals surface area contributed by atoms with E-state index in [1.54, 1.807) is 19.1 Å². The molecule has 0 atom stereocenters. The van der Waals surface area contributed by atoms with Crippen LogP contribution in [0.25, 0.3) is 5.70 Å². The molecule has 0 aromatic carbocycles. The van der Waals surface area contributed by atoms with E-state index in [1.165, 1.54) is 12.2 Å². The molecule has 6 heteroatoms. The van der Waals surface area contributed by atoms with Crippen molar-refractivity contribution in [1.82, 2.24) is 9.78 Å². The van der Waals surface area contributed by atoms with Gasteiger partial charge in [-0.3, -0.25) is 4.79 Å². The van der Waals surface area contributed by atoms with Crippen LogP contribution in [0.5, 0.6) is 0 Å². The van der Waals surface area contributed by atoms with Gasteiger partial charge in [-0.15, -0.1) is 0 Å². The van der Waals surface area contributed by atoms with E-state index in [0.29, 0.717) is 5.70 Å². The zero-order chi connectivity index (χ0) is 14.6. The number of carbonyl (C=O) groups excluding carboxylic acids is 1. The zero-order valence-electron chi connectivity index (χ0n) is 10.5. The summed E-state index contributed by atoms with van der Waals surface area (Å²) in [6.45, 7) is 6.27. The summed E-state index contributed by atoms with van der Waals surface area (Å²) in [6.07, 6.45) is 2.55. The number of nitrogens with zero attached hydrogens (tertiary/aromatic N) is 2. The molecule has 0 unspecified atom stereocenters. The third-order valence-electron chi connectivity index (χ3n) is 2.25. The molecule has 3 nitrogen and oxygen atoms in total. The van der Waals surface area contributed by atoms with Gasteiger partial charge in [-0.1, -0.05) is 18.7 Å². The summed E-state index contributed by atoms with van der Waals surface area (Å²) in [7, 11) is 0. The molecule has 0 N–H and O–H groups in total. The van der Waals surface area contributed by atoms with E-state index in [4.69, 9.17) is 0 Å². The van der Waals surface area contributed by atoms with E-state index in [1.807, 2.05) is 0 Å². The number of hydrogen-bond acceptors (Lipinski definition) is 2. The summed E-state index contributed by atoms with van der Waals surface area (Å²) < 4.78 is 39.3. The predicted octanol–water partition coefficient (Wildman–Crippen LogP) is 3.71. The Morgan fingerprint density at radius 2 is 2.11 bits per heavy atom. The van der Waals surface area contributed by atoms with Gasteiger partial charge >= 0.3 is 6.18 Å². The maximum Gasteiger partial charge on any atom is 0.435 e. The van der Waals surface area contributed by atoms with Crippen molar-refractivity contribution >= 4 is 11.5 Å².